The molecule has 2 aromatic rings. The maximum absolute atomic E-state index is 12.4. The van der Waals surface area contributed by atoms with Gasteiger partial charge < -0.3 is 10.0 Å². The minimum atomic E-state index is -0.959. The van der Waals surface area contributed by atoms with Crippen molar-refractivity contribution in [1.82, 2.24) is 24.5 Å². The molecule has 110 valence electrons. The van der Waals surface area contributed by atoms with Crippen LogP contribution in [0.4, 0.5) is 0 Å². The number of aliphatic hydroxyl groups is 1. The molecule has 3 heterocycles. The van der Waals surface area contributed by atoms with Crippen molar-refractivity contribution in [3.8, 4) is 0 Å². The number of amides is 1. The van der Waals surface area contributed by atoms with Crippen molar-refractivity contribution in [2.75, 3.05) is 13.1 Å². The molecular formula is C13H15N5O2S. The number of aromatic nitrogens is 4. The van der Waals surface area contributed by atoms with Gasteiger partial charge in [0.15, 0.2) is 0 Å². The van der Waals surface area contributed by atoms with Crippen LogP contribution in [0, 0.1) is 6.92 Å². The van der Waals surface area contributed by atoms with E-state index in [9.17, 15) is 9.90 Å². The van der Waals surface area contributed by atoms with Crippen LogP contribution in [0.15, 0.2) is 18.7 Å². The number of carbonyl (C=O) groups is 1. The molecule has 0 aliphatic carbocycles. The highest BCUT2D eigenvalue weighted by molar-refractivity contribution is 7.07. The molecule has 3 rings (SSSR count). The molecular weight excluding hydrogens is 290 g/mol. The number of hydrogen-bond acceptors (Lipinski definition) is 7. The number of likely N-dealkylation sites (tertiary alicyclic amines) is 1. The van der Waals surface area contributed by atoms with Gasteiger partial charge in [0, 0.05) is 31.0 Å². The standard InChI is InChI=1S/C13H15N5O2S/c1-9-11(21-17-16-9)12(19)18-4-2-13(20,3-5-18)10-6-14-8-15-7-10/h6-8,20H,2-5H2,1H3. The van der Waals surface area contributed by atoms with Crippen molar-refractivity contribution >= 4 is 17.4 Å². The summed E-state index contributed by atoms with van der Waals surface area (Å²) in [6.07, 6.45) is 5.63. The maximum atomic E-state index is 12.4. The third kappa shape index (κ3) is 2.64. The van der Waals surface area contributed by atoms with E-state index in [-0.39, 0.29) is 5.91 Å². The van der Waals surface area contributed by atoms with Crippen LogP contribution in [0.1, 0.15) is 33.8 Å². The largest absolute Gasteiger partial charge is 0.385 e. The predicted octanol–water partition coefficient (Wildman–Crippen LogP) is 0.760. The highest BCUT2D eigenvalue weighted by Gasteiger charge is 2.36. The zero-order valence-corrected chi connectivity index (χ0v) is 12.4. The SMILES string of the molecule is Cc1nnsc1C(=O)N1CCC(O)(c2cncnc2)CC1. The Morgan fingerprint density at radius 3 is 2.57 bits per heavy atom. The number of rotatable bonds is 2. The van der Waals surface area contributed by atoms with Crippen molar-refractivity contribution < 1.29 is 9.90 Å². The first kappa shape index (κ1) is 14.0. The third-order valence-corrected chi connectivity index (χ3v) is 4.64. The second-order valence-corrected chi connectivity index (χ2v) is 5.89. The van der Waals surface area contributed by atoms with E-state index in [2.05, 4.69) is 19.6 Å². The van der Waals surface area contributed by atoms with E-state index < -0.39 is 5.60 Å². The van der Waals surface area contributed by atoms with Gasteiger partial charge in [-0.25, -0.2) is 9.97 Å². The van der Waals surface area contributed by atoms with Gasteiger partial charge in [-0.1, -0.05) is 4.49 Å². The molecule has 2 aromatic heterocycles. The molecule has 0 aromatic carbocycles. The van der Waals surface area contributed by atoms with Gasteiger partial charge >= 0.3 is 0 Å². The Morgan fingerprint density at radius 2 is 2.00 bits per heavy atom. The van der Waals surface area contributed by atoms with Gasteiger partial charge in [-0.05, 0) is 31.3 Å². The van der Waals surface area contributed by atoms with Crippen LogP contribution in [0.5, 0.6) is 0 Å². The first-order valence-electron chi connectivity index (χ1n) is 6.66. The Labute approximate surface area is 125 Å². The first-order chi connectivity index (χ1) is 10.1. The maximum Gasteiger partial charge on any atom is 0.267 e. The first-order valence-corrected chi connectivity index (χ1v) is 7.43. The summed E-state index contributed by atoms with van der Waals surface area (Å²) in [6, 6.07) is 0. The molecule has 1 fully saturated rings. The van der Waals surface area contributed by atoms with Crippen LogP contribution in [-0.4, -0.2) is 48.6 Å². The molecule has 0 radical (unpaired) electrons. The van der Waals surface area contributed by atoms with Gasteiger partial charge in [0.25, 0.3) is 5.91 Å². The van der Waals surface area contributed by atoms with Gasteiger partial charge in [0.1, 0.15) is 11.2 Å². The quantitative estimate of drug-likeness (QED) is 0.880. The van der Waals surface area contributed by atoms with Gasteiger partial charge in [0.2, 0.25) is 0 Å². The zero-order valence-electron chi connectivity index (χ0n) is 11.6. The Morgan fingerprint density at radius 1 is 1.33 bits per heavy atom. The molecule has 0 spiro atoms. The summed E-state index contributed by atoms with van der Waals surface area (Å²) in [6.45, 7) is 2.75. The molecule has 1 N–H and O–H groups in total. The van der Waals surface area contributed by atoms with E-state index in [1.165, 1.54) is 6.33 Å². The Balaban J connectivity index is 1.71. The summed E-state index contributed by atoms with van der Waals surface area (Å²) in [7, 11) is 0. The van der Waals surface area contributed by atoms with Crippen molar-refractivity contribution in [2.45, 2.75) is 25.4 Å². The lowest BCUT2D eigenvalue weighted by Crippen LogP contribution is -2.45. The number of piperidine rings is 1. The Kier molecular flexibility index (Phi) is 3.64. The number of aryl methyl sites for hydroxylation is 1. The number of hydrogen-bond donors (Lipinski definition) is 1. The molecule has 0 unspecified atom stereocenters. The summed E-state index contributed by atoms with van der Waals surface area (Å²) in [5.74, 6) is -0.0612. The molecule has 0 atom stereocenters. The van der Waals surface area contributed by atoms with Crippen LogP contribution < -0.4 is 0 Å². The molecule has 1 aliphatic rings. The second kappa shape index (κ2) is 5.45. The number of nitrogens with zero attached hydrogens (tertiary/aromatic N) is 5. The smallest absolute Gasteiger partial charge is 0.267 e. The van der Waals surface area contributed by atoms with E-state index in [0.29, 0.717) is 42.1 Å². The van der Waals surface area contributed by atoms with Crippen LogP contribution in [0.2, 0.25) is 0 Å². The van der Waals surface area contributed by atoms with Crippen molar-refractivity contribution in [3.63, 3.8) is 0 Å². The lowest BCUT2D eigenvalue weighted by molar-refractivity contribution is -0.0215. The average molecular weight is 305 g/mol. The molecule has 1 aliphatic heterocycles. The van der Waals surface area contributed by atoms with Crippen LogP contribution in [-0.2, 0) is 5.60 Å². The monoisotopic (exact) mass is 305 g/mol. The summed E-state index contributed by atoms with van der Waals surface area (Å²) < 4.78 is 3.79. The summed E-state index contributed by atoms with van der Waals surface area (Å²) >= 11 is 1.11. The van der Waals surface area contributed by atoms with E-state index in [4.69, 9.17) is 0 Å². The fourth-order valence-corrected chi connectivity index (χ4v) is 3.10. The molecule has 7 nitrogen and oxygen atoms in total. The van der Waals surface area contributed by atoms with Crippen molar-refractivity contribution in [3.05, 3.63) is 34.9 Å². The molecule has 1 saturated heterocycles. The van der Waals surface area contributed by atoms with E-state index in [1.807, 2.05) is 0 Å². The molecule has 0 saturated carbocycles. The molecule has 8 heteroatoms. The van der Waals surface area contributed by atoms with Crippen LogP contribution in [0.3, 0.4) is 0 Å². The fourth-order valence-electron chi connectivity index (χ4n) is 2.48. The van der Waals surface area contributed by atoms with Gasteiger partial charge in [-0.2, -0.15) is 0 Å². The predicted molar refractivity (Wildman–Crippen MR) is 75.7 cm³/mol. The highest BCUT2D eigenvalue weighted by atomic mass is 32.1. The van der Waals surface area contributed by atoms with E-state index in [0.717, 1.165) is 11.5 Å². The third-order valence-electron chi connectivity index (χ3n) is 3.82. The zero-order chi connectivity index (χ0) is 14.9. The molecule has 0 bridgehead atoms. The summed E-state index contributed by atoms with van der Waals surface area (Å²) in [4.78, 5) is 22.6. The number of carbonyl (C=O) groups excluding carboxylic acids is 1. The summed E-state index contributed by atoms with van der Waals surface area (Å²) in [5, 5.41) is 14.6. The minimum Gasteiger partial charge on any atom is -0.385 e. The normalized spacial score (nSPS) is 17.7. The van der Waals surface area contributed by atoms with Gasteiger partial charge in [-0.15, -0.1) is 5.10 Å². The molecule has 21 heavy (non-hydrogen) atoms. The van der Waals surface area contributed by atoms with E-state index >= 15 is 0 Å². The van der Waals surface area contributed by atoms with Gasteiger partial charge in [0.05, 0.1) is 11.3 Å². The van der Waals surface area contributed by atoms with Gasteiger partial charge in [-0.3, -0.25) is 4.79 Å². The lowest BCUT2D eigenvalue weighted by atomic mass is 9.86. The van der Waals surface area contributed by atoms with Crippen molar-refractivity contribution in [2.24, 2.45) is 0 Å². The minimum absolute atomic E-state index is 0.0612. The Hall–Kier alpha value is -1.93. The fraction of sp³-hybridized carbons (Fsp3) is 0.462. The highest BCUT2D eigenvalue weighted by Crippen LogP contribution is 2.32. The van der Waals surface area contributed by atoms with Crippen molar-refractivity contribution in [1.29, 1.82) is 0 Å². The lowest BCUT2D eigenvalue weighted by Gasteiger charge is -2.37. The Bertz CT molecular complexity index is 637. The molecule has 1 amide bonds. The second-order valence-electron chi connectivity index (χ2n) is 5.14. The van der Waals surface area contributed by atoms with Crippen LogP contribution >= 0.6 is 11.5 Å². The van der Waals surface area contributed by atoms with E-state index in [1.54, 1.807) is 24.2 Å². The topological polar surface area (TPSA) is 92.1 Å². The average Bonchev–Trinajstić information content (AvgIpc) is 2.94. The summed E-state index contributed by atoms with van der Waals surface area (Å²) in [5.41, 5.74) is 0.397. The van der Waals surface area contributed by atoms with Crippen LogP contribution in [0.25, 0.3) is 0 Å².